The third kappa shape index (κ3) is 2.33. The normalized spacial score (nSPS) is 18.9. The van der Waals surface area contributed by atoms with Crippen molar-refractivity contribution in [3.05, 3.63) is 10.6 Å². The Labute approximate surface area is 108 Å². The first kappa shape index (κ1) is 12.8. The highest BCUT2D eigenvalue weighted by molar-refractivity contribution is 7.15. The molecule has 96 valence electrons. The van der Waals surface area contributed by atoms with Crippen LogP contribution < -0.4 is 10.6 Å². The van der Waals surface area contributed by atoms with Gasteiger partial charge in [-0.3, -0.25) is 0 Å². The minimum Gasteiger partial charge on any atom is -0.348 e. The van der Waals surface area contributed by atoms with Crippen LogP contribution in [0.25, 0.3) is 0 Å². The minimum absolute atomic E-state index is 0.516. The van der Waals surface area contributed by atoms with Gasteiger partial charge in [0.15, 0.2) is 5.13 Å². The smallest absolute Gasteiger partial charge is 0.185 e. The van der Waals surface area contributed by atoms with Crippen LogP contribution in [0.3, 0.4) is 0 Å². The summed E-state index contributed by atoms with van der Waals surface area (Å²) in [6, 6.07) is 0. The van der Waals surface area contributed by atoms with Crippen LogP contribution >= 0.6 is 11.3 Å². The fourth-order valence-electron chi connectivity index (χ4n) is 2.66. The van der Waals surface area contributed by atoms with E-state index in [1.54, 1.807) is 11.3 Å². The van der Waals surface area contributed by atoms with Gasteiger partial charge in [-0.15, -0.1) is 11.3 Å². The summed E-state index contributed by atoms with van der Waals surface area (Å²) in [5, 5.41) is 1.17. The largest absolute Gasteiger partial charge is 0.348 e. The number of nitrogens with zero attached hydrogens (tertiary/aromatic N) is 2. The first-order valence-corrected chi connectivity index (χ1v) is 7.37. The molecule has 2 N–H and O–H groups in total. The second-order valence-electron chi connectivity index (χ2n) is 5.09. The van der Waals surface area contributed by atoms with Crippen LogP contribution in [-0.2, 0) is 6.54 Å². The lowest BCUT2D eigenvalue weighted by Gasteiger charge is -2.26. The Morgan fingerprint density at radius 1 is 1.41 bits per heavy atom. The molecule has 0 radical (unpaired) electrons. The van der Waals surface area contributed by atoms with Gasteiger partial charge in [-0.1, -0.05) is 13.8 Å². The van der Waals surface area contributed by atoms with Crippen LogP contribution in [0, 0.1) is 12.3 Å². The lowest BCUT2D eigenvalue weighted by Crippen LogP contribution is -2.25. The van der Waals surface area contributed by atoms with Crippen molar-refractivity contribution in [2.24, 2.45) is 11.1 Å². The number of hydrogen-bond acceptors (Lipinski definition) is 4. The molecule has 1 aromatic rings. The molecule has 4 heteroatoms. The molecule has 0 bridgehead atoms. The fourth-order valence-corrected chi connectivity index (χ4v) is 3.63. The summed E-state index contributed by atoms with van der Waals surface area (Å²) in [4.78, 5) is 8.34. The minimum atomic E-state index is 0.516. The summed E-state index contributed by atoms with van der Waals surface area (Å²) in [5.74, 6) is 0. The van der Waals surface area contributed by atoms with E-state index in [0.29, 0.717) is 12.0 Å². The Kier molecular flexibility index (Phi) is 3.73. The van der Waals surface area contributed by atoms with Crippen LogP contribution in [0.1, 0.15) is 43.7 Å². The predicted molar refractivity (Wildman–Crippen MR) is 74.6 cm³/mol. The molecule has 0 aromatic carbocycles. The number of rotatable bonds is 4. The van der Waals surface area contributed by atoms with E-state index in [1.165, 1.54) is 29.3 Å². The molecule has 0 amide bonds. The van der Waals surface area contributed by atoms with Gasteiger partial charge in [0, 0.05) is 24.5 Å². The molecule has 0 aliphatic carbocycles. The maximum atomic E-state index is 5.72. The van der Waals surface area contributed by atoms with Crippen molar-refractivity contribution >= 4 is 16.5 Å². The summed E-state index contributed by atoms with van der Waals surface area (Å²) in [7, 11) is 0. The van der Waals surface area contributed by atoms with Crippen molar-refractivity contribution in [3.8, 4) is 0 Å². The van der Waals surface area contributed by atoms with Crippen molar-refractivity contribution in [1.29, 1.82) is 0 Å². The predicted octanol–water partition coefficient (Wildman–Crippen LogP) is 2.93. The molecule has 2 heterocycles. The molecular formula is C13H23N3S. The summed E-state index contributed by atoms with van der Waals surface area (Å²) in [5.41, 5.74) is 7.35. The Bertz CT molecular complexity index is 382. The van der Waals surface area contributed by atoms with Crippen LogP contribution in [0.5, 0.6) is 0 Å². The monoisotopic (exact) mass is 253 g/mol. The zero-order valence-electron chi connectivity index (χ0n) is 11.1. The zero-order chi connectivity index (χ0) is 12.5. The number of thiazole rings is 1. The van der Waals surface area contributed by atoms with Crippen molar-refractivity contribution in [2.45, 2.75) is 46.6 Å². The molecule has 0 unspecified atom stereocenters. The Hall–Kier alpha value is -0.610. The molecule has 17 heavy (non-hydrogen) atoms. The highest BCUT2D eigenvalue weighted by Crippen LogP contribution is 2.40. The molecular weight excluding hydrogens is 230 g/mol. The van der Waals surface area contributed by atoms with Crippen LogP contribution in [0.2, 0.25) is 0 Å². The van der Waals surface area contributed by atoms with Gasteiger partial charge in [0.2, 0.25) is 0 Å². The zero-order valence-corrected chi connectivity index (χ0v) is 11.9. The number of aryl methyl sites for hydroxylation is 1. The molecule has 1 saturated heterocycles. The lowest BCUT2D eigenvalue weighted by atomic mass is 9.82. The van der Waals surface area contributed by atoms with Gasteiger partial charge < -0.3 is 10.6 Å². The van der Waals surface area contributed by atoms with Gasteiger partial charge in [-0.05, 0) is 31.6 Å². The molecule has 1 aliphatic rings. The number of hydrogen-bond donors (Lipinski definition) is 1. The van der Waals surface area contributed by atoms with Gasteiger partial charge >= 0.3 is 0 Å². The number of nitrogens with two attached hydrogens (primary N) is 1. The summed E-state index contributed by atoms with van der Waals surface area (Å²) in [6.07, 6.45) is 3.85. The van der Waals surface area contributed by atoms with E-state index in [0.717, 1.165) is 18.8 Å². The third-order valence-corrected chi connectivity index (χ3v) is 5.52. The van der Waals surface area contributed by atoms with Crippen LogP contribution in [0.15, 0.2) is 0 Å². The second-order valence-corrected chi connectivity index (χ2v) is 6.15. The number of anilines is 1. The van der Waals surface area contributed by atoms with E-state index in [-0.39, 0.29) is 0 Å². The van der Waals surface area contributed by atoms with Crippen molar-refractivity contribution in [1.82, 2.24) is 4.98 Å². The highest BCUT2D eigenvalue weighted by atomic mass is 32.1. The fraction of sp³-hybridized carbons (Fsp3) is 0.769. The third-order valence-electron chi connectivity index (χ3n) is 4.28. The van der Waals surface area contributed by atoms with Gasteiger partial charge in [0.1, 0.15) is 0 Å². The maximum Gasteiger partial charge on any atom is 0.185 e. The second kappa shape index (κ2) is 4.94. The standard InChI is InChI=1S/C13H23N3S/c1-4-13(5-2)6-7-16(9-13)12-15-10(3)11(8-14)17-12/h4-9,14H2,1-3H3. The van der Waals surface area contributed by atoms with Gasteiger partial charge in [0.05, 0.1) is 5.69 Å². The summed E-state index contributed by atoms with van der Waals surface area (Å²) < 4.78 is 0. The Balaban J connectivity index is 2.14. The molecule has 3 nitrogen and oxygen atoms in total. The van der Waals surface area contributed by atoms with Crippen molar-refractivity contribution in [3.63, 3.8) is 0 Å². The average molecular weight is 253 g/mol. The first-order chi connectivity index (χ1) is 8.14. The number of aromatic nitrogens is 1. The molecule has 2 rings (SSSR count). The van der Waals surface area contributed by atoms with E-state index >= 15 is 0 Å². The molecule has 0 spiro atoms. The van der Waals surface area contributed by atoms with E-state index in [9.17, 15) is 0 Å². The maximum absolute atomic E-state index is 5.72. The van der Waals surface area contributed by atoms with Gasteiger partial charge in [0.25, 0.3) is 0 Å². The Morgan fingerprint density at radius 2 is 2.12 bits per heavy atom. The quantitative estimate of drug-likeness (QED) is 0.897. The molecule has 1 fully saturated rings. The van der Waals surface area contributed by atoms with Gasteiger partial charge in [-0.2, -0.15) is 0 Å². The molecule has 1 aliphatic heterocycles. The molecule has 0 saturated carbocycles. The van der Waals surface area contributed by atoms with Crippen LogP contribution in [0.4, 0.5) is 5.13 Å². The topological polar surface area (TPSA) is 42.2 Å². The summed E-state index contributed by atoms with van der Waals surface area (Å²) >= 11 is 1.77. The lowest BCUT2D eigenvalue weighted by molar-refractivity contribution is 0.301. The Morgan fingerprint density at radius 3 is 2.59 bits per heavy atom. The first-order valence-electron chi connectivity index (χ1n) is 6.55. The van der Waals surface area contributed by atoms with Gasteiger partial charge in [-0.25, -0.2) is 4.98 Å². The van der Waals surface area contributed by atoms with Crippen molar-refractivity contribution < 1.29 is 0 Å². The van der Waals surface area contributed by atoms with Crippen LogP contribution in [-0.4, -0.2) is 18.1 Å². The van der Waals surface area contributed by atoms with Crippen molar-refractivity contribution in [2.75, 3.05) is 18.0 Å². The van der Waals surface area contributed by atoms with E-state index in [1.807, 2.05) is 0 Å². The van der Waals surface area contributed by atoms with E-state index in [4.69, 9.17) is 5.73 Å². The molecule has 1 aromatic heterocycles. The summed E-state index contributed by atoms with van der Waals surface area (Å²) in [6.45, 7) is 9.61. The molecule has 0 atom stereocenters. The highest BCUT2D eigenvalue weighted by Gasteiger charge is 2.36. The van der Waals surface area contributed by atoms with E-state index in [2.05, 4.69) is 30.7 Å². The average Bonchev–Trinajstić information content (AvgIpc) is 2.93. The SMILES string of the molecule is CCC1(CC)CCN(c2nc(C)c(CN)s2)C1. The van der Waals surface area contributed by atoms with E-state index < -0.39 is 0 Å².